The number of carbonyl (C=O) groups excluding carboxylic acids is 1. The lowest BCUT2D eigenvalue weighted by Crippen LogP contribution is -2.34. The van der Waals surface area contributed by atoms with Crippen molar-refractivity contribution < 1.29 is 14.3 Å². The van der Waals surface area contributed by atoms with E-state index in [-0.39, 0.29) is 5.91 Å². The first kappa shape index (κ1) is 14.9. The van der Waals surface area contributed by atoms with Crippen LogP contribution in [0.15, 0.2) is 12.1 Å². The first-order valence-corrected chi connectivity index (χ1v) is 7.23. The molecule has 1 amide bonds. The Hall–Kier alpha value is -1.55. The van der Waals surface area contributed by atoms with Crippen molar-refractivity contribution in [3.05, 3.63) is 28.8 Å². The van der Waals surface area contributed by atoms with E-state index in [9.17, 15) is 4.79 Å². The van der Waals surface area contributed by atoms with Crippen LogP contribution in [0, 0.1) is 0 Å². The fraction of sp³-hybridized carbons (Fsp3) is 0.562. The minimum absolute atomic E-state index is 0.0885. The lowest BCUT2D eigenvalue weighted by molar-refractivity contribution is -0.131. The van der Waals surface area contributed by atoms with Crippen LogP contribution in [0.3, 0.4) is 0 Å². The second-order valence-corrected chi connectivity index (χ2v) is 5.10. The van der Waals surface area contributed by atoms with E-state index in [0.29, 0.717) is 13.2 Å². The molecule has 0 unspecified atom stereocenters. The van der Waals surface area contributed by atoms with Gasteiger partial charge in [0.1, 0.15) is 11.9 Å². The maximum atomic E-state index is 11.9. The van der Waals surface area contributed by atoms with Crippen LogP contribution in [-0.4, -0.2) is 25.7 Å². The summed E-state index contributed by atoms with van der Waals surface area (Å²) in [5.74, 6) is 0.768. The number of rotatable bonds is 6. The Morgan fingerprint density at radius 2 is 2.05 bits per heavy atom. The molecule has 1 N–H and O–H groups in total. The van der Waals surface area contributed by atoms with E-state index in [2.05, 4.69) is 17.4 Å². The maximum Gasteiger partial charge on any atom is 0.249 e. The van der Waals surface area contributed by atoms with Crippen molar-refractivity contribution in [2.45, 2.75) is 45.8 Å². The summed E-state index contributed by atoms with van der Waals surface area (Å²) in [7, 11) is 1.67. The quantitative estimate of drug-likeness (QED) is 0.867. The van der Waals surface area contributed by atoms with E-state index >= 15 is 0 Å². The van der Waals surface area contributed by atoms with Crippen molar-refractivity contribution in [3.8, 4) is 5.75 Å². The molecular formula is C16H23NO3. The average molecular weight is 277 g/mol. The van der Waals surface area contributed by atoms with Gasteiger partial charge in [0.15, 0.2) is 0 Å². The molecule has 0 aliphatic heterocycles. The van der Waals surface area contributed by atoms with Gasteiger partial charge >= 0.3 is 0 Å². The molecule has 20 heavy (non-hydrogen) atoms. The van der Waals surface area contributed by atoms with Crippen LogP contribution < -0.4 is 10.1 Å². The van der Waals surface area contributed by atoms with Crippen LogP contribution in [0.25, 0.3) is 0 Å². The Bertz CT molecular complexity index is 485. The molecule has 0 spiro atoms. The molecule has 0 aromatic heterocycles. The lowest BCUT2D eigenvalue weighted by atomic mass is 10.0. The second kappa shape index (κ2) is 6.75. The number of benzene rings is 1. The van der Waals surface area contributed by atoms with Crippen LogP contribution in [-0.2, 0) is 28.9 Å². The molecule has 2 rings (SSSR count). The summed E-state index contributed by atoms with van der Waals surface area (Å²) < 4.78 is 10.7. The van der Waals surface area contributed by atoms with Crippen molar-refractivity contribution in [2.24, 2.45) is 0 Å². The van der Waals surface area contributed by atoms with Crippen molar-refractivity contribution in [1.82, 2.24) is 5.32 Å². The number of methoxy groups -OCH3 is 1. The van der Waals surface area contributed by atoms with Gasteiger partial charge in [-0.05, 0) is 50.3 Å². The second-order valence-electron chi connectivity index (χ2n) is 5.10. The smallest absolute Gasteiger partial charge is 0.249 e. The fourth-order valence-corrected chi connectivity index (χ4v) is 2.63. The molecule has 1 aromatic carbocycles. The number of ether oxygens (including phenoxy) is 2. The Labute approximate surface area is 120 Å². The average Bonchev–Trinajstić information content (AvgIpc) is 2.90. The Balaban J connectivity index is 2.04. The highest BCUT2D eigenvalue weighted by Crippen LogP contribution is 2.29. The predicted molar refractivity (Wildman–Crippen MR) is 78.0 cm³/mol. The number of carbonyl (C=O) groups is 1. The number of nitrogens with one attached hydrogen (secondary N) is 1. The van der Waals surface area contributed by atoms with Crippen LogP contribution in [0.1, 0.15) is 37.0 Å². The molecule has 1 aliphatic rings. The Morgan fingerprint density at radius 3 is 2.70 bits per heavy atom. The zero-order valence-electron chi connectivity index (χ0n) is 12.5. The largest absolute Gasteiger partial charge is 0.496 e. The summed E-state index contributed by atoms with van der Waals surface area (Å²) in [5.41, 5.74) is 3.79. The van der Waals surface area contributed by atoms with E-state index < -0.39 is 6.10 Å². The standard InChI is InChI=1S/C16H23NO3/c1-4-20-11(2)16(18)17-10-14-8-12-6-5-7-13(12)9-15(14)19-3/h8-9,11H,4-7,10H2,1-3H3,(H,17,18)/t11-/m0/s1. The van der Waals surface area contributed by atoms with Gasteiger partial charge in [-0.3, -0.25) is 4.79 Å². The van der Waals surface area contributed by atoms with E-state index in [1.54, 1.807) is 14.0 Å². The summed E-state index contributed by atoms with van der Waals surface area (Å²) in [6.45, 7) is 4.66. The van der Waals surface area contributed by atoms with Crippen LogP contribution in [0.5, 0.6) is 5.75 Å². The first-order chi connectivity index (χ1) is 9.65. The van der Waals surface area contributed by atoms with E-state index in [1.807, 2.05) is 6.92 Å². The fourth-order valence-electron chi connectivity index (χ4n) is 2.63. The number of aryl methyl sites for hydroxylation is 2. The van der Waals surface area contributed by atoms with Gasteiger partial charge in [-0.2, -0.15) is 0 Å². The van der Waals surface area contributed by atoms with E-state index in [0.717, 1.165) is 24.2 Å². The summed E-state index contributed by atoms with van der Waals surface area (Å²) in [6, 6.07) is 4.27. The maximum absolute atomic E-state index is 11.9. The summed E-state index contributed by atoms with van der Waals surface area (Å²) in [5, 5.41) is 2.91. The molecule has 0 heterocycles. The number of fused-ring (bicyclic) bond motifs is 1. The van der Waals surface area contributed by atoms with Gasteiger partial charge in [0.25, 0.3) is 0 Å². The third-order valence-corrected chi connectivity index (χ3v) is 3.73. The van der Waals surface area contributed by atoms with Gasteiger partial charge in [0, 0.05) is 18.7 Å². The van der Waals surface area contributed by atoms with Crippen LogP contribution >= 0.6 is 0 Å². The van der Waals surface area contributed by atoms with Gasteiger partial charge in [-0.1, -0.05) is 6.07 Å². The SMILES string of the molecule is CCO[C@@H](C)C(=O)NCc1cc2c(cc1OC)CCC2. The molecule has 0 radical (unpaired) electrons. The normalized spacial score (nSPS) is 14.8. The van der Waals surface area contributed by atoms with Gasteiger partial charge in [0.2, 0.25) is 5.91 Å². The monoisotopic (exact) mass is 277 g/mol. The van der Waals surface area contributed by atoms with E-state index in [4.69, 9.17) is 9.47 Å². The van der Waals surface area contributed by atoms with Crippen molar-refractivity contribution in [3.63, 3.8) is 0 Å². The Kier molecular flexibility index (Phi) is 5.01. The first-order valence-electron chi connectivity index (χ1n) is 7.23. The topological polar surface area (TPSA) is 47.6 Å². The molecule has 4 heteroatoms. The number of amides is 1. The molecule has 0 saturated carbocycles. The molecular weight excluding hydrogens is 254 g/mol. The summed E-state index contributed by atoms with van der Waals surface area (Å²) in [6.07, 6.45) is 3.03. The third kappa shape index (κ3) is 3.31. The van der Waals surface area contributed by atoms with Gasteiger partial charge < -0.3 is 14.8 Å². The number of hydrogen-bond donors (Lipinski definition) is 1. The molecule has 110 valence electrons. The van der Waals surface area contributed by atoms with Crippen LogP contribution in [0.4, 0.5) is 0 Å². The van der Waals surface area contributed by atoms with Crippen molar-refractivity contribution in [1.29, 1.82) is 0 Å². The highest BCUT2D eigenvalue weighted by molar-refractivity contribution is 5.80. The van der Waals surface area contributed by atoms with Gasteiger partial charge in [-0.25, -0.2) is 0 Å². The van der Waals surface area contributed by atoms with E-state index in [1.165, 1.54) is 17.5 Å². The highest BCUT2D eigenvalue weighted by atomic mass is 16.5. The molecule has 4 nitrogen and oxygen atoms in total. The van der Waals surface area contributed by atoms with Crippen molar-refractivity contribution in [2.75, 3.05) is 13.7 Å². The van der Waals surface area contributed by atoms with Gasteiger partial charge in [0.05, 0.1) is 7.11 Å². The molecule has 0 bridgehead atoms. The minimum Gasteiger partial charge on any atom is -0.496 e. The minimum atomic E-state index is -0.416. The Morgan fingerprint density at radius 1 is 1.35 bits per heavy atom. The summed E-state index contributed by atoms with van der Waals surface area (Å²) in [4.78, 5) is 11.9. The molecule has 0 saturated heterocycles. The third-order valence-electron chi connectivity index (χ3n) is 3.73. The zero-order chi connectivity index (χ0) is 14.5. The highest BCUT2D eigenvalue weighted by Gasteiger charge is 2.17. The van der Waals surface area contributed by atoms with Crippen molar-refractivity contribution >= 4 is 5.91 Å². The lowest BCUT2D eigenvalue weighted by Gasteiger charge is -2.15. The van der Waals surface area contributed by atoms with Gasteiger partial charge in [-0.15, -0.1) is 0 Å². The van der Waals surface area contributed by atoms with Crippen LogP contribution in [0.2, 0.25) is 0 Å². The predicted octanol–water partition coefficient (Wildman–Crippen LogP) is 2.23. The summed E-state index contributed by atoms with van der Waals surface area (Å²) >= 11 is 0. The molecule has 0 fully saturated rings. The molecule has 1 atom stereocenters. The zero-order valence-corrected chi connectivity index (χ0v) is 12.5. The molecule has 1 aliphatic carbocycles. The molecule has 1 aromatic rings. The number of hydrogen-bond acceptors (Lipinski definition) is 3.